The van der Waals surface area contributed by atoms with Gasteiger partial charge in [-0.3, -0.25) is 4.57 Å². The van der Waals surface area contributed by atoms with Crippen molar-refractivity contribution in [2.75, 3.05) is 0 Å². The normalized spacial score (nSPS) is 13.4. The van der Waals surface area contributed by atoms with Gasteiger partial charge in [0.15, 0.2) is 0 Å². The molecule has 1 aliphatic rings. The summed E-state index contributed by atoms with van der Waals surface area (Å²) in [6, 6.07) is 10.0. The summed E-state index contributed by atoms with van der Waals surface area (Å²) >= 11 is 1.74. The SMILES string of the molecule is Cc1noc(C)c1Cn1c(=O)nc(-c2ccccc2)c2c3c(sc21)CCC3. The fraction of sp³-hybridized carbons (Fsp3) is 0.286. The van der Waals surface area contributed by atoms with E-state index in [0.29, 0.717) is 6.54 Å². The minimum absolute atomic E-state index is 0.221. The highest BCUT2D eigenvalue weighted by Gasteiger charge is 2.25. The number of aromatic nitrogens is 3. The largest absolute Gasteiger partial charge is 0.361 e. The molecule has 5 rings (SSSR count). The molecule has 1 aromatic carbocycles. The zero-order valence-corrected chi connectivity index (χ0v) is 16.1. The van der Waals surface area contributed by atoms with Crippen molar-refractivity contribution < 1.29 is 4.52 Å². The second kappa shape index (κ2) is 6.16. The summed E-state index contributed by atoms with van der Waals surface area (Å²) in [6.45, 7) is 4.24. The zero-order chi connectivity index (χ0) is 18.5. The quantitative estimate of drug-likeness (QED) is 0.535. The summed E-state index contributed by atoms with van der Waals surface area (Å²) in [5.74, 6) is 0.754. The Hall–Kier alpha value is -2.73. The van der Waals surface area contributed by atoms with Gasteiger partial charge >= 0.3 is 5.69 Å². The van der Waals surface area contributed by atoms with E-state index in [0.717, 1.165) is 51.3 Å². The fourth-order valence-corrected chi connectivity index (χ4v) is 5.33. The van der Waals surface area contributed by atoms with Crippen molar-refractivity contribution in [1.29, 1.82) is 0 Å². The van der Waals surface area contributed by atoms with Crippen molar-refractivity contribution in [3.05, 3.63) is 68.3 Å². The van der Waals surface area contributed by atoms with Gasteiger partial charge in [0.05, 0.1) is 17.9 Å². The Morgan fingerprint density at radius 1 is 1.19 bits per heavy atom. The molecule has 0 saturated heterocycles. The van der Waals surface area contributed by atoms with Gasteiger partial charge in [-0.1, -0.05) is 35.5 Å². The van der Waals surface area contributed by atoms with Crippen LogP contribution in [0, 0.1) is 13.8 Å². The highest BCUT2D eigenvalue weighted by atomic mass is 32.1. The number of nitrogens with zero attached hydrogens (tertiary/aromatic N) is 3. The molecule has 0 aliphatic heterocycles. The van der Waals surface area contributed by atoms with Crippen LogP contribution in [-0.2, 0) is 19.4 Å². The molecule has 6 heteroatoms. The Balaban J connectivity index is 1.79. The topological polar surface area (TPSA) is 60.9 Å². The molecule has 5 nitrogen and oxygen atoms in total. The smallest absolute Gasteiger partial charge is 0.349 e. The summed E-state index contributed by atoms with van der Waals surface area (Å²) in [7, 11) is 0. The maximum Gasteiger partial charge on any atom is 0.349 e. The van der Waals surface area contributed by atoms with Crippen LogP contribution < -0.4 is 5.69 Å². The molecule has 0 fully saturated rings. The average molecular weight is 377 g/mol. The predicted molar refractivity (Wildman–Crippen MR) is 106 cm³/mol. The molecule has 3 aromatic heterocycles. The van der Waals surface area contributed by atoms with Crippen LogP contribution in [0.5, 0.6) is 0 Å². The third kappa shape index (κ3) is 2.55. The lowest BCUT2D eigenvalue weighted by molar-refractivity contribution is 0.392. The molecule has 0 amide bonds. The van der Waals surface area contributed by atoms with E-state index in [4.69, 9.17) is 4.52 Å². The average Bonchev–Trinajstić information content (AvgIpc) is 3.34. The molecule has 0 N–H and O–H groups in total. The lowest BCUT2D eigenvalue weighted by Crippen LogP contribution is -2.24. The van der Waals surface area contributed by atoms with Gasteiger partial charge in [-0.2, -0.15) is 4.98 Å². The molecule has 0 atom stereocenters. The van der Waals surface area contributed by atoms with Crippen LogP contribution in [0.15, 0.2) is 39.6 Å². The monoisotopic (exact) mass is 377 g/mol. The Morgan fingerprint density at radius 3 is 2.74 bits per heavy atom. The van der Waals surface area contributed by atoms with Crippen LogP contribution in [0.3, 0.4) is 0 Å². The van der Waals surface area contributed by atoms with Crippen LogP contribution in [0.4, 0.5) is 0 Å². The van der Waals surface area contributed by atoms with Gasteiger partial charge in [0, 0.05) is 21.4 Å². The van der Waals surface area contributed by atoms with Gasteiger partial charge in [0.2, 0.25) is 0 Å². The molecule has 4 aromatic rings. The van der Waals surface area contributed by atoms with Gasteiger partial charge < -0.3 is 4.52 Å². The first-order valence-electron chi connectivity index (χ1n) is 9.15. The number of rotatable bonds is 3. The van der Waals surface area contributed by atoms with Crippen LogP contribution in [0.2, 0.25) is 0 Å². The van der Waals surface area contributed by atoms with Crippen LogP contribution in [-0.4, -0.2) is 14.7 Å². The number of fused-ring (bicyclic) bond motifs is 3. The maximum absolute atomic E-state index is 13.0. The predicted octanol–water partition coefficient (Wildman–Crippen LogP) is 4.27. The minimum Gasteiger partial charge on any atom is -0.361 e. The van der Waals surface area contributed by atoms with Crippen LogP contribution in [0.25, 0.3) is 21.5 Å². The molecule has 136 valence electrons. The molecule has 0 saturated carbocycles. The van der Waals surface area contributed by atoms with Gasteiger partial charge in [-0.15, -0.1) is 11.3 Å². The molecule has 0 bridgehead atoms. The molecular formula is C21H19N3O2S. The van der Waals surface area contributed by atoms with Gasteiger partial charge in [0.25, 0.3) is 0 Å². The van der Waals surface area contributed by atoms with E-state index < -0.39 is 0 Å². The third-order valence-electron chi connectivity index (χ3n) is 5.37. The van der Waals surface area contributed by atoms with E-state index in [1.54, 1.807) is 15.9 Å². The van der Waals surface area contributed by atoms with Gasteiger partial charge in [-0.25, -0.2) is 4.79 Å². The van der Waals surface area contributed by atoms with E-state index in [-0.39, 0.29) is 5.69 Å². The van der Waals surface area contributed by atoms with E-state index >= 15 is 0 Å². The van der Waals surface area contributed by atoms with Crippen molar-refractivity contribution in [2.45, 2.75) is 39.7 Å². The number of hydrogen-bond donors (Lipinski definition) is 0. The summed E-state index contributed by atoms with van der Waals surface area (Å²) < 4.78 is 7.08. The van der Waals surface area contributed by atoms with Crippen molar-refractivity contribution in [3.63, 3.8) is 0 Å². The molecule has 0 unspecified atom stereocenters. The first-order chi connectivity index (χ1) is 13.1. The lowest BCUT2D eigenvalue weighted by atomic mass is 10.1. The van der Waals surface area contributed by atoms with Crippen molar-refractivity contribution >= 4 is 21.6 Å². The van der Waals surface area contributed by atoms with Crippen molar-refractivity contribution in [1.82, 2.24) is 14.7 Å². The van der Waals surface area contributed by atoms with Crippen molar-refractivity contribution in [2.24, 2.45) is 0 Å². The number of hydrogen-bond acceptors (Lipinski definition) is 5. The lowest BCUT2D eigenvalue weighted by Gasteiger charge is -2.11. The molecule has 3 heterocycles. The Labute approximate surface area is 160 Å². The summed E-state index contributed by atoms with van der Waals surface area (Å²) in [4.78, 5) is 19.9. The highest BCUT2D eigenvalue weighted by Crippen LogP contribution is 2.40. The maximum atomic E-state index is 13.0. The minimum atomic E-state index is -0.221. The molecule has 27 heavy (non-hydrogen) atoms. The third-order valence-corrected chi connectivity index (χ3v) is 6.68. The van der Waals surface area contributed by atoms with E-state index in [1.807, 2.05) is 44.2 Å². The van der Waals surface area contributed by atoms with Gasteiger partial charge in [-0.05, 0) is 38.7 Å². The Morgan fingerprint density at radius 2 is 2.00 bits per heavy atom. The Bertz CT molecular complexity index is 1200. The standard InChI is InChI=1S/C21H19N3O2S/c1-12-16(13(2)26-23-12)11-24-20-18(15-9-6-10-17(15)27-20)19(22-21(24)25)14-7-4-3-5-8-14/h3-5,7-8H,6,9-11H2,1-2H3. The number of thiophene rings is 1. The van der Waals surface area contributed by atoms with Crippen LogP contribution >= 0.6 is 11.3 Å². The fourth-order valence-electron chi connectivity index (χ4n) is 3.95. The summed E-state index contributed by atoms with van der Waals surface area (Å²) in [5, 5.41) is 5.17. The first-order valence-corrected chi connectivity index (χ1v) is 9.97. The number of benzene rings is 1. The summed E-state index contributed by atoms with van der Waals surface area (Å²) in [5.41, 5.74) is 4.74. The molecule has 0 radical (unpaired) electrons. The first kappa shape index (κ1) is 16.4. The second-order valence-electron chi connectivity index (χ2n) is 7.04. The van der Waals surface area contributed by atoms with Gasteiger partial charge in [0.1, 0.15) is 10.6 Å². The Kier molecular flexibility index (Phi) is 3.75. The van der Waals surface area contributed by atoms with Crippen LogP contribution in [0.1, 0.15) is 33.9 Å². The number of aryl methyl sites for hydroxylation is 4. The highest BCUT2D eigenvalue weighted by molar-refractivity contribution is 7.19. The van der Waals surface area contributed by atoms with E-state index in [2.05, 4.69) is 10.1 Å². The van der Waals surface area contributed by atoms with E-state index in [9.17, 15) is 4.79 Å². The molecular weight excluding hydrogens is 358 g/mol. The molecule has 0 spiro atoms. The second-order valence-corrected chi connectivity index (χ2v) is 8.12. The molecule has 1 aliphatic carbocycles. The van der Waals surface area contributed by atoms with E-state index in [1.165, 1.54) is 16.9 Å². The van der Waals surface area contributed by atoms with Crippen molar-refractivity contribution in [3.8, 4) is 11.3 Å². The zero-order valence-electron chi connectivity index (χ0n) is 15.3. The summed E-state index contributed by atoms with van der Waals surface area (Å²) in [6.07, 6.45) is 3.32.